The van der Waals surface area contributed by atoms with Gasteiger partial charge in [0.15, 0.2) is 0 Å². The van der Waals surface area contributed by atoms with Crippen molar-refractivity contribution in [2.45, 2.75) is 13.3 Å². The molecule has 0 bridgehead atoms. The molecule has 0 amide bonds. The van der Waals surface area contributed by atoms with E-state index in [9.17, 15) is 21.6 Å². The van der Waals surface area contributed by atoms with Gasteiger partial charge in [0, 0.05) is 12.8 Å². The van der Waals surface area contributed by atoms with E-state index in [-0.39, 0.29) is 19.6 Å². The molecule has 102 valence electrons. The SMILES string of the molecule is CCOC(=O)CCNS(=O)(=O)CCS(C)(=O)=O. The molecule has 0 heterocycles. The van der Waals surface area contributed by atoms with Crippen LogP contribution in [-0.4, -0.2) is 53.7 Å². The van der Waals surface area contributed by atoms with Gasteiger partial charge in [-0.1, -0.05) is 0 Å². The number of hydrogen-bond acceptors (Lipinski definition) is 6. The van der Waals surface area contributed by atoms with E-state index < -0.39 is 37.3 Å². The number of sulfonamides is 1. The van der Waals surface area contributed by atoms with E-state index in [0.29, 0.717) is 0 Å². The molecular weight excluding hydrogens is 270 g/mol. The van der Waals surface area contributed by atoms with Gasteiger partial charge in [0.1, 0.15) is 9.84 Å². The summed E-state index contributed by atoms with van der Waals surface area (Å²) < 4.78 is 50.9. The summed E-state index contributed by atoms with van der Waals surface area (Å²) in [6.45, 7) is 1.79. The molecular formula is C8H17NO6S2. The Morgan fingerprint density at radius 1 is 1.18 bits per heavy atom. The van der Waals surface area contributed by atoms with Crippen LogP contribution in [0.1, 0.15) is 13.3 Å². The lowest BCUT2D eigenvalue weighted by Gasteiger charge is -2.05. The zero-order valence-electron chi connectivity index (χ0n) is 9.80. The molecule has 0 radical (unpaired) electrons. The van der Waals surface area contributed by atoms with Gasteiger partial charge >= 0.3 is 5.97 Å². The van der Waals surface area contributed by atoms with Gasteiger partial charge in [-0.2, -0.15) is 0 Å². The molecule has 1 N–H and O–H groups in total. The zero-order valence-corrected chi connectivity index (χ0v) is 11.4. The maximum Gasteiger partial charge on any atom is 0.307 e. The molecule has 0 atom stereocenters. The van der Waals surface area contributed by atoms with E-state index in [1.807, 2.05) is 0 Å². The second kappa shape index (κ2) is 6.92. The van der Waals surface area contributed by atoms with Crippen LogP contribution in [0.5, 0.6) is 0 Å². The summed E-state index contributed by atoms with van der Waals surface area (Å²) in [5.74, 6) is -1.45. The summed E-state index contributed by atoms with van der Waals surface area (Å²) in [7, 11) is -6.98. The molecule has 0 saturated carbocycles. The van der Waals surface area contributed by atoms with Crippen molar-refractivity contribution in [3.8, 4) is 0 Å². The normalized spacial score (nSPS) is 12.4. The predicted molar refractivity (Wildman–Crippen MR) is 62.8 cm³/mol. The number of carbonyl (C=O) groups excluding carboxylic acids is 1. The van der Waals surface area contributed by atoms with E-state index in [1.165, 1.54) is 0 Å². The van der Waals surface area contributed by atoms with Crippen LogP contribution in [0.2, 0.25) is 0 Å². The standard InChI is InChI=1S/C8H17NO6S2/c1-3-15-8(10)4-5-9-17(13,14)7-6-16(2,11)12/h9H,3-7H2,1-2H3. The van der Waals surface area contributed by atoms with Crippen molar-refractivity contribution in [3.63, 3.8) is 0 Å². The Hall–Kier alpha value is -0.670. The Kier molecular flexibility index (Phi) is 6.65. The maximum absolute atomic E-state index is 11.3. The summed E-state index contributed by atoms with van der Waals surface area (Å²) in [4.78, 5) is 10.9. The number of carbonyl (C=O) groups is 1. The molecule has 0 aliphatic rings. The molecule has 0 spiro atoms. The Balaban J connectivity index is 3.99. The van der Waals surface area contributed by atoms with Crippen LogP contribution >= 0.6 is 0 Å². The molecule has 0 unspecified atom stereocenters. The van der Waals surface area contributed by atoms with Crippen LogP contribution in [0, 0.1) is 0 Å². The quantitative estimate of drug-likeness (QED) is 0.568. The minimum absolute atomic E-state index is 0.0774. The highest BCUT2D eigenvalue weighted by Gasteiger charge is 2.14. The highest BCUT2D eigenvalue weighted by molar-refractivity contribution is 7.93. The lowest BCUT2D eigenvalue weighted by molar-refractivity contribution is -0.142. The fourth-order valence-electron chi connectivity index (χ4n) is 0.875. The Morgan fingerprint density at radius 2 is 1.76 bits per heavy atom. The molecule has 0 aliphatic heterocycles. The third-order valence-corrected chi connectivity index (χ3v) is 4.27. The average Bonchev–Trinajstić information content (AvgIpc) is 2.14. The summed E-state index contributed by atoms with van der Waals surface area (Å²) in [5.41, 5.74) is 0. The molecule has 17 heavy (non-hydrogen) atoms. The minimum atomic E-state index is -3.66. The highest BCUT2D eigenvalue weighted by atomic mass is 32.2. The number of sulfone groups is 1. The van der Waals surface area contributed by atoms with Crippen LogP contribution in [0.15, 0.2) is 0 Å². The number of ether oxygens (including phenoxy) is 1. The lowest BCUT2D eigenvalue weighted by Crippen LogP contribution is -2.31. The molecule has 0 aromatic carbocycles. The molecule has 7 nitrogen and oxygen atoms in total. The second-order valence-corrected chi connectivity index (χ2v) is 7.58. The number of rotatable bonds is 8. The van der Waals surface area contributed by atoms with Crippen LogP contribution in [0.4, 0.5) is 0 Å². The highest BCUT2D eigenvalue weighted by Crippen LogP contribution is 1.91. The van der Waals surface area contributed by atoms with Crippen LogP contribution in [-0.2, 0) is 29.4 Å². The smallest absolute Gasteiger partial charge is 0.307 e. The fraction of sp³-hybridized carbons (Fsp3) is 0.875. The topological polar surface area (TPSA) is 107 Å². The summed E-state index contributed by atoms with van der Waals surface area (Å²) in [6.07, 6.45) is 0.882. The van der Waals surface area contributed by atoms with Crippen LogP contribution < -0.4 is 4.72 Å². The number of nitrogens with one attached hydrogen (secondary N) is 1. The molecule has 0 saturated heterocycles. The van der Waals surface area contributed by atoms with Crippen molar-refractivity contribution in [2.24, 2.45) is 0 Å². The molecule has 0 aromatic rings. The van der Waals surface area contributed by atoms with E-state index in [4.69, 9.17) is 0 Å². The van der Waals surface area contributed by atoms with Crippen LogP contribution in [0.25, 0.3) is 0 Å². The van der Waals surface area contributed by atoms with Gasteiger partial charge in [-0.05, 0) is 6.92 Å². The summed E-state index contributed by atoms with van der Waals surface area (Å²) in [5, 5.41) is 0. The van der Waals surface area contributed by atoms with E-state index >= 15 is 0 Å². The lowest BCUT2D eigenvalue weighted by atomic mass is 10.4. The van der Waals surface area contributed by atoms with Crippen molar-refractivity contribution >= 4 is 25.8 Å². The molecule has 0 fully saturated rings. The summed E-state index contributed by atoms with van der Waals surface area (Å²) >= 11 is 0. The van der Waals surface area contributed by atoms with Gasteiger partial charge < -0.3 is 4.74 Å². The number of hydrogen-bond donors (Lipinski definition) is 1. The Morgan fingerprint density at radius 3 is 2.24 bits per heavy atom. The van der Waals surface area contributed by atoms with E-state index in [2.05, 4.69) is 9.46 Å². The van der Waals surface area contributed by atoms with Gasteiger partial charge in [0.2, 0.25) is 10.0 Å². The molecule has 0 rings (SSSR count). The first kappa shape index (κ1) is 16.3. The minimum Gasteiger partial charge on any atom is -0.466 e. The van der Waals surface area contributed by atoms with Crippen molar-refractivity contribution < 1.29 is 26.4 Å². The number of esters is 1. The maximum atomic E-state index is 11.3. The third-order valence-electron chi connectivity index (χ3n) is 1.68. The monoisotopic (exact) mass is 287 g/mol. The van der Waals surface area contributed by atoms with E-state index in [1.54, 1.807) is 6.92 Å². The zero-order chi connectivity index (χ0) is 13.5. The molecule has 9 heteroatoms. The van der Waals surface area contributed by atoms with Crippen molar-refractivity contribution in [2.75, 3.05) is 30.9 Å². The van der Waals surface area contributed by atoms with Crippen LogP contribution in [0.3, 0.4) is 0 Å². The average molecular weight is 287 g/mol. The fourth-order valence-corrected chi connectivity index (χ4v) is 3.52. The second-order valence-electron chi connectivity index (χ2n) is 3.40. The van der Waals surface area contributed by atoms with Gasteiger partial charge in [0.25, 0.3) is 0 Å². The third kappa shape index (κ3) is 10.2. The molecule has 0 aliphatic carbocycles. The summed E-state index contributed by atoms with van der Waals surface area (Å²) in [6, 6.07) is 0. The van der Waals surface area contributed by atoms with Gasteiger partial charge in [-0.3, -0.25) is 4.79 Å². The van der Waals surface area contributed by atoms with E-state index in [0.717, 1.165) is 6.26 Å². The molecule has 0 aromatic heterocycles. The van der Waals surface area contributed by atoms with Crippen molar-refractivity contribution in [1.82, 2.24) is 4.72 Å². The van der Waals surface area contributed by atoms with Gasteiger partial charge in [-0.15, -0.1) is 0 Å². The first-order valence-corrected chi connectivity index (χ1v) is 8.68. The first-order valence-electron chi connectivity index (χ1n) is 4.97. The Bertz CT molecular complexity index is 439. The largest absolute Gasteiger partial charge is 0.466 e. The Labute approximate surface area is 102 Å². The van der Waals surface area contributed by atoms with Crippen molar-refractivity contribution in [1.29, 1.82) is 0 Å². The first-order chi connectivity index (χ1) is 7.66. The van der Waals surface area contributed by atoms with Gasteiger partial charge in [0.05, 0.1) is 24.5 Å². The predicted octanol–water partition coefficient (Wildman–Crippen LogP) is -1.10. The van der Waals surface area contributed by atoms with Crippen molar-refractivity contribution in [3.05, 3.63) is 0 Å². The van der Waals surface area contributed by atoms with Gasteiger partial charge in [-0.25, -0.2) is 21.6 Å².